The summed E-state index contributed by atoms with van der Waals surface area (Å²) in [6, 6.07) is 6.75. The molecule has 1 heterocycles. The van der Waals surface area contributed by atoms with Crippen LogP contribution in [0.5, 0.6) is 5.88 Å². The molecule has 0 atom stereocenters. The number of methoxy groups -OCH3 is 1. The number of rotatable bonds is 6. The van der Waals surface area contributed by atoms with Gasteiger partial charge in [-0.25, -0.2) is 18.6 Å². The summed E-state index contributed by atoms with van der Waals surface area (Å²) in [5.74, 6) is -0.799. The Hall–Kier alpha value is -2.70. The van der Waals surface area contributed by atoms with Crippen molar-refractivity contribution in [2.45, 2.75) is 32.0 Å². The van der Waals surface area contributed by atoms with Gasteiger partial charge in [0, 0.05) is 36.5 Å². The number of hydrogen-bond acceptors (Lipinski definition) is 3. The third-order valence-corrected chi connectivity index (χ3v) is 4.06. The van der Waals surface area contributed by atoms with Gasteiger partial charge in [-0.05, 0) is 30.5 Å². The lowest BCUT2D eigenvalue weighted by Crippen LogP contribution is -2.40. The van der Waals surface area contributed by atoms with Crippen LogP contribution in [-0.2, 0) is 13.1 Å². The zero-order chi connectivity index (χ0) is 17.8. The Labute approximate surface area is 144 Å². The maximum Gasteiger partial charge on any atom is 0.318 e. The molecule has 1 aliphatic carbocycles. The highest BCUT2D eigenvalue weighted by molar-refractivity contribution is 5.75. The summed E-state index contributed by atoms with van der Waals surface area (Å²) in [6.07, 6.45) is 3.38. The second kappa shape index (κ2) is 7.46. The fraction of sp³-hybridized carbons (Fsp3) is 0.333. The Kier molecular flexibility index (Phi) is 5.11. The zero-order valence-electron chi connectivity index (χ0n) is 13.8. The Morgan fingerprint density at radius 1 is 1.32 bits per heavy atom. The molecule has 3 rings (SSSR count). The number of ether oxygens (including phenoxy) is 1. The highest BCUT2D eigenvalue weighted by Gasteiger charge is 2.33. The standard InChI is InChI=1S/C18H19F2N3O2/c1-25-17-8-12(6-7-21-17)10-22-18(24)23(15-4-5-15)11-13-2-3-14(19)9-16(13)20/h2-3,6-9,15H,4-5,10-11H2,1H3,(H,22,24). The lowest BCUT2D eigenvalue weighted by atomic mass is 10.2. The Bertz CT molecular complexity index is 766. The van der Waals surface area contributed by atoms with Crippen molar-refractivity contribution < 1.29 is 18.3 Å². The van der Waals surface area contributed by atoms with Gasteiger partial charge < -0.3 is 15.0 Å². The van der Waals surface area contributed by atoms with E-state index >= 15 is 0 Å². The number of amides is 2. The molecule has 0 unspecified atom stereocenters. The van der Waals surface area contributed by atoms with Crippen LogP contribution in [0.3, 0.4) is 0 Å². The molecule has 2 aromatic rings. The van der Waals surface area contributed by atoms with Gasteiger partial charge in [-0.1, -0.05) is 6.07 Å². The van der Waals surface area contributed by atoms with Gasteiger partial charge in [0.05, 0.1) is 13.7 Å². The molecule has 5 nitrogen and oxygen atoms in total. The van der Waals surface area contributed by atoms with E-state index in [2.05, 4.69) is 10.3 Å². The predicted molar refractivity (Wildman–Crippen MR) is 87.9 cm³/mol. The lowest BCUT2D eigenvalue weighted by Gasteiger charge is -2.23. The zero-order valence-corrected chi connectivity index (χ0v) is 13.8. The van der Waals surface area contributed by atoms with Gasteiger partial charge >= 0.3 is 6.03 Å². The largest absolute Gasteiger partial charge is 0.481 e. The van der Waals surface area contributed by atoms with E-state index in [0.717, 1.165) is 24.5 Å². The van der Waals surface area contributed by atoms with Crippen LogP contribution < -0.4 is 10.1 Å². The first-order valence-electron chi connectivity index (χ1n) is 8.04. The van der Waals surface area contributed by atoms with E-state index in [1.807, 2.05) is 0 Å². The van der Waals surface area contributed by atoms with E-state index < -0.39 is 11.6 Å². The molecule has 1 saturated carbocycles. The van der Waals surface area contributed by atoms with Crippen LogP contribution in [0.15, 0.2) is 36.5 Å². The van der Waals surface area contributed by atoms with Crippen molar-refractivity contribution in [2.24, 2.45) is 0 Å². The van der Waals surface area contributed by atoms with Gasteiger partial charge in [0.1, 0.15) is 11.6 Å². The van der Waals surface area contributed by atoms with Crippen molar-refractivity contribution in [3.8, 4) is 5.88 Å². The van der Waals surface area contributed by atoms with Crippen LogP contribution in [0.2, 0.25) is 0 Å². The maximum atomic E-state index is 13.9. The average Bonchev–Trinajstić information content (AvgIpc) is 3.44. The summed E-state index contributed by atoms with van der Waals surface area (Å²) in [7, 11) is 1.52. The summed E-state index contributed by atoms with van der Waals surface area (Å²) in [5, 5.41) is 2.83. The second-order valence-corrected chi connectivity index (χ2v) is 5.96. The first kappa shape index (κ1) is 17.1. The van der Waals surface area contributed by atoms with Gasteiger partial charge in [-0.2, -0.15) is 0 Å². The van der Waals surface area contributed by atoms with Gasteiger partial charge in [-0.3, -0.25) is 0 Å². The van der Waals surface area contributed by atoms with Gasteiger partial charge in [0.15, 0.2) is 0 Å². The first-order chi connectivity index (χ1) is 12.1. The number of halogens is 2. The number of benzene rings is 1. The second-order valence-electron chi connectivity index (χ2n) is 5.96. The number of aromatic nitrogens is 1. The molecule has 2 amide bonds. The molecule has 7 heteroatoms. The Morgan fingerprint density at radius 2 is 2.12 bits per heavy atom. The van der Waals surface area contributed by atoms with Crippen LogP contribution in [0.1, 0.15) is 24.0 Å². The number of carbonyl (C=O) groups is 1. The number of hydrogen-bond donors (Lipinski definition) is 1. The number of nitrogens with one attached hydrogen (secondary N) is 1. The minimum atomic E-state index is -0.641. The molecular weight excluding hydrogens is 328 g/mol. The summed E-state index contributed by atoms with van der Waals surface area (Å²) in [6.45, 7) is 0.426. The summed E-state index contributed by atoms with van der Waals surface area (Å²) < 4.78 is 32.0. The minimum absolute atomic E-state index is 0.0939. The first-order valence-corrected chi connectivity index (χ1v) is 8.04. The maximum absolute atomic E-state index is 13.9. The molecule has 0 aliphatic heterocycles. The van der Waals surface area contributed by atoms with Crippen molar-refractivity contribution in [3.63, 3.8) is 0 Å². The number of carbonyl (C=O) groups excluding carboxylic acids is 1. The minimum Gasteiger partial charge on any atom is -0.481 e. The fourth-order valence-corrected chi connectivity index (χ4v) is 2.54. The highest BCUT2D eigenvalue weighted by Crippen LogP contribution is 2.29. The molecule has 0 radical (unpaired) electrons. The van der Waals surface area contributed by atoms with Crippen LogP contribution in [0, 0.1) is 11.6 Å². The van der Waals surface area contributed by atoms with E-state index in [1.165, 1.54) is 19.2 Å². The van der Waals surface area contributed by atoms with Crippen LogP contribution in [0.4, 0.5) is 13.6 Å². The van der Waals surface area contributed by atoms with E-state index in [-0.39, 0.29) is 18.6 Å². The molecule has 132 valence electrons. The number of pyridine rings is 1. The van der Waals surface area contributed by atoms with Gasteiger partial charge in [0.2, 0.25) is 5.88 Å². The summed E-state index contributed by atoms with van der Waals surface area (Å²) in [4.78, 5) is 18.1. The van der Waals surface area contributed by atoms with Crippen LogP contribution in [0.25, 0.3) is 0 Å². The van der Waals surface area contributed by atoms with E-state index in [4.69, 9.17) is 4.74 Å². The molecule has 25 heavy (non-hydrogen) atoms. The van der Waals surface area contributed by atoms with Crippen molar-refractivity contribution in [1.29, 1.82) is 0 Å². The molecular formula is C18H19F2N3O2. The topological polar surface area (TPSA) is 54.5 Å². The molecule has 1 aromatic heterocycles. The monoisotopic (exact) mass is 347 g/mol. The van der Waals surface area contributed by atoms with E-state index in [0.29, 0.717) is 18.0 Å². The van der Waals surface area contributed by atoms with Crippen molar-refractivity contribution in [2.75, 3.05) is 7.11 Å². The molecule has 1 fully saturated rings. The van der Waals surface area contributed by atoms with Gasteiger partial charge in [-0.15, -0.1) is 0 Å². The lowest BCUT2D eigenvalue weighted by molar-refractivity contribution is 0.191. The Morgan fingerprint density at radius 3 is 2.80 bits per heavy atom. The van der Waals surface area contributed by atoms with Crippen molar-refractivity contribution >= 4 is 6.03 Å². The van der Waals surface area contributed by atoms with Crippen LogP contribution in [-0.4, -0.2) is 29.1 Å². The quantitative estimate of drug-likeness (QED) is 0.873. The number of nitrogens with zero attached hydrogens (tertiary/aromatic N) is 2. The fourth-order valence-electron chi connectivity index (χ4n) is 2.54. The molecule has 0 spiro atoms. The normalized spacial score (nSPS) is 13.4. The SMILES string of the molecule is COc1cc(CNC(=O)N(Cc2ccc(F)cc2F)C2CC2)ccn1. The molecule has 1 aromatic carbocycles. The third kappa shape index (κ3) is 4.43. The predicted octanol–water partition coefficient (Wildman–Crippen LogP) is 3.24. The van der Waals surface area contributed by atoms with Gasteiger partial charge in [0.25, 0.3) is 0 Å². The smallest absolute Gasteiger partial charge is 0.318 e. The van der Waals surface area contributed by atoms with E-state index in [1.54, 1.807) is 23.2 Å². The Balaban J connectivity index is 1.65. The molecule has 1 N–H and O–H groups in total. The molecule has 0 saturated heterocycles. The van der Waals surface area contributed by atoms with Crippen molar-refractivity contribution in [1.82, 2.24) is 15.2 Å². The van der Waals surface area contributed by atoms with Crippen molar-refractivity contribution in [3.05, 3.63) is 59.3 Å². The summed E-state index contributed by atoms with van der Waals surface area (Å²) >= 11 is 0. The molecule has 0 bridgehead atoms. The average molecular weight is 347 g/mol. The third-order valence-electron chi connectivity index (χ3n) is 4.06. The highest BCUT2D eigenvalue weighted by atomic mass is 19.1. The van der Waals surface area contributed by atoms with E-state index in [9.17, 15) is 13.6 Å². The number of urea groups is 1. The molecule has 1 aliphatic rings. The summed E-state index contributed by atoms with van der Waals surface area (Å²) in [5.41, 5.74) is 1.15. The van der Waals surface area contributed by atoms with Crippen LogP contribution >= 0.6 is 0 Å².